The molecule has 1 heterocycles. The summed E-state index contributed by atoms with van der Waals surface area (Å²) in [7, 11) is 3.24. The maximum Gasteiger partial charge on any atom is 0.201 e. The molecule has 5 nitrogen and oxygen atoms in total. The molecule has 20 heavy (non-hydrogen) atoms. The van der Waals surface area contributed by atoms with Crippen molar-refractivity contribution in [2.24, 2.45) is 5.41 Å². The van der Waals surface area contributed by atoms with Crippen molar-refractivity contribution in [3.05, 3.63) is 12.1 Å². The Morgan fingerprint density at radius 1 is 1.20 bits per heavy atom. The molecule has 0 aliphatic heterocycles. The molecule has 0 spiro atoms. The summed E-state index contributed by atoms with van der Waals surface area (Å²) >= 11 is 0. The number of imidazole rings is 1. The SMILES string of the molecule is CCC(C)(C)Cn1c(N)nc2cc(OC)c(OC)cc21. The molecule has 2 rings (SSSR count). The van der Waals surface area contributed by atoms with E-state index >= 15 is 0 Å². The number of ether oxygens (including phenoxy) is 2. The highest BCUT2D eigenvalue weighted by atomic mass is 16.5. The molecule has 2 N–H and O–H groups in total. The third-order valence-corrected chi connectivity index (χ3v) is 3.83. The molecule has 1 aromatic heterocycles. The van der Waals surface area contributed by atoms with Crippen LogP contribution in [0.4, 0.5) is 5.95 Å². The second-order valence-electron chi connectivity index (χ2n) is 5.77. The highest BCUT2D eigenvalue weighted by molar-refractivity contribution is 5.82. The number of fused-ring (bicyclic) bond motifs is 1. The zero-order valence-electron chi connectivity index (χ0n) is 12.9. The molecule has 2 aromatic rings. The van der Waals surface area contributed by atoms with Gasteiger partial charge in [0.1, 0.15) is 0 Å². The zero-order valence-corrected chi connectivity index (χ0v) is 12.9. The molecule has 0 fully saturated rings. The second-order valence-corrected chi connectivity index (χ2v) is 5.77. The van der Waals surface area contributed by atoms with E-state index in [0.717, 1.165) is 24.0 Å². The average Bonchev–Trinajstić information content (AvgIpc) is 2.72. The van der Waals surface area contributed by atoms with E-state index in [1.54, 1.807) is 14.2 Å². The van der Waals surface area contributed by atoms with Gasteiger partial charge in [-0.1, -0.05) is 20.8 Å². The summed E-state index contributed by atoms with van der Waals surface area (Å²) in [4.78, 5) is 4.42. The maximum absolute atomic E-state index is 6.07. The summed E-state index contributed by atoms with van der Waals surface area (Å²) in [5, 5.41) is 0. The number of nitrogens with two attached hydrogens (primary N) is 1. The van der Waals surface area contributed by atoms with Gasteiger partial charge in [0.05, 0.1) is 25.3 Å². The van der Waals surface area contributed by atoms with Crippen molar-refractivity contribution in [1.29, 1.82) is 0 Å². The van der Waals surface area contributed by atoms with E-state index in [1.165, 1.54) is 0 Å². The molecule has 0 bridgehead atoms. The van der Waals surface area contributed by atoms with Crippen LogP contribution in [0.5, 0.6) is 11.5 Å². The second kappa shape index (κ2) is 5.23. The van der Waals surface area contributed by atoms with Crippen LogP contribution in [0.1, 0.15) is 27.2 Å². The number of anilines is 1. The Morgan fingerprint density at radius 3 is 2.35 bits per heavy atom. The first kappa shape index (κ1) is 14.5. The highest BCUT2D eigenvalue weighted by Crippen LogP contribution is 2.34. The number of nitrogens with zero attached hydrogens (tertiary/aromatic N) is 2. The van der Waals surface area contributed by atoms with Crippen molar-refractivity contribution in [2.45, 2.75) is 33.7 Å². The Kier molecular flexibility index (Phi) is 3.79. The zero-order chi connectivity index (χ0) is 14.9. The third-order valence-electron chi connectivity index (χ3n) is 3.83. The van der Waals surface area contributed by atoms with Crippen LogP contribution in [0.25, 0.3) is 11.0 Å². The Balaban J connectivity index is 2.58. The van der Waals surface area contributed by atoms with Crippen molar-refractivity contribution in [1.82, 2.24) is 9.55 Å². The number of hydrogen-bond acceptors (Lipinski definition) is 4. The van der Waals surface area contributed by atoms with E-state index in [1.807, 2.05) is 16.7 Å². The van der Waals surface area contributed by atoms with E-state index in [4.69, 9.17) is 15.2 Å². The Labute approximate surface area is 119 Å². The minimum atomic E-state index is 0.162. The predicted octanol–water partition coefficient (Wildman–Crippen LogP) is 3.07. The molecule has 0 aliphatic rings. The smallest absolute Gasteiger partial charge is 0.201 e. The molecule has 0 saturated carbocycles. The third kappa shape index (κ3) is 2.53. The lowest BCUT2D eigenvalue weighted by atomic mass is 9.90. The van der Waals surface area contributed by atoms with Gasteiger partial charge in [0.2, 0.25) is 5.95 Å². The molecule has 1 aromatic carbocycles. The van der Waals surface area contributed by atoms with Crippen LogP contribution in [0.15, 0.2) is 12.1 Å². The lowest BCUT2D eigenvalue weighted by molar-refractivity contribution is 0.300. The van der Waals surface area contributed by atoms with E-state index in [2.05, 4.69) is 25.8 Å². The molecule has 0 saturated heterocycles. The number of aromatic nitrogens is 2. The fourth-order valence-corrected chi connectivity index (χ4v) is 2.18. The van der Waals surface area contributed by atoms with Gasteiger partial charge in [-0.2, -0.15) is 0 Å². The lowest BCUT2D eigenvalue weighted by Gasteiger charge is -2.24. The van der Waals surface area contributed by atoms with Crippen molar-refractivity contribution >= 4 is 17.0 Å². The normalized spacial score (nSPS) is 11.8. The number of rotatable bonds is 5. The van der Waals surface area contributed by atoms with Crippen LogP contribution in [0.3, 0.4) is 0 Å². The predicted molar refractivity (Wildman–Crippen MR) is 81.3 cm³/mol. The number of nitrogen functional groups attached to an aromatic ring is 1. The van der Waals surface area contributed by atoms with Gasteiger partial charge >= 0.3 is 0 Å². The number of hydrogen-bond donors (Lipinski definition) is 1. The average molecular weight is 277 g/mol. The van der Waals surface area contributed by atoms with Gasteiger partial charge in [0.15, 0.2) is 11.5 Å². The van der Waals surface area contributed by atoms with Gasteiger partial charge in [-0.25, -0.2) is 4.98 Å². The van der Waals surface area contributed by atoms with Gasteiger partial charge in [-0.3, -0.25) is 0 Å². The first-order chi connectivity index (χ1) is 9.41. The van der Waals surface area contributed by atoms with Gasteiger partial charge in [-0.05, 0) is 11.8 Å². The monoisotopic (exact) mass is 277 g/mol. The van der Waals surface area contributed by atoms with Crippen LogP contribution >= 0.6 is 0 Å². The van der Waals surface area contributed by atoms with Crippen LogP contribution in [0, 0.1) is 5.41 Å². The van der Waals surface area contributed by atoms with E-state index < -0.39 is 0 Å². The Bertz CT molecular complexity index is 617. The van der Waals surface area contributed by atoms with Crippen molar-refractivity contribution < 1.29 is 9.47 Å². The minimum Gasteiger partial charge on any atom is -0.493 e. The molecule has 110 valence electrons. The summed E-state index contributed by atoms with van der Waals surface area (Å²) in [5.74, 6) is 1.88. The molecule has 5 heteroatoms. The first-order valence-corrected chi connectivity index (χ1v) is 6.79. The quantitative estimate of drug-likeness (QED) is 0.912. The van der Waals surface area contributed by atoms with Crippen molar-refractivity contribution in [3.63, 3.8) is 0 Å². The summed E-state index contributed by atoms with van der Waals surface area (Å²) < 4.78 is 12.7. The molecular formula is C15H23N3O2. The lowest BCUT2D eigenvalue weighted by Crippen LogP contribution is -2.19. The van der Waals surface area contributed by atoms with Gasteiger partial charge in [0.25, 0.3) is 0 Å². The van der Waals surface area contributed by atoms with E-state index in [0.29, 0.717) is 17.4 Å². The van der Waals surface area contributed by atoms with Crippen LogP contribution in [-0.2, 0) is 6.54 Å². The fourth-order valence-electron chi connectivity index (χ4n) is 2.18. The number of methoxy groups -OCH3 is 2. The van der Waals surface area contributed by atoms with E-state index in [-0.39, 0.29) is 5.41 Å². The van der Waals surface area contributed by atoms with Gasteiger partial charge < -0.3 is 19.8 Å². The summed E-state index contributed by atoms with van der Waals surface area (Å²) in [6, 6.07) is 3.79. The molecular weight excluding hydrogens is 254 g/mol. The topological polar surface area (TPSA) is 62.3 Å². The Morgan fingerprint density at radius 2 is 1.80 bits per heavy atom. The number of benzene rings is 1. The molecule has 0 amide bonds. The van der Waals surface area contributed by atoms with Gasteiger partial charge in [-0.15, -0.1) is 0 Å². The van der Waals surface area contributed by atoms with Crippen molar-refractivity contribution in [3.8, 4) is 11.5 Å². The van der Waals surface area contributed by atoms with Crippen LogP contribution in [-0.4, -0.2) is 23.8 Å². The largest absolute Gasteiger partial charge is 0.493 e. The fraction of sp³-hybridized carbons (Fsp3) is 0.533. The highest BCUT2D eigenvalue weighted by Gasteiger charge is 2.20. The Hall–Kier alpha value is -1.91. The molecule has 0 atom stereocenters. The standard InChI is InChI=1S/C15H23N3O2/c1-6-15(2,3)9-18-11-8-13(20-5)12(19-4)7-10(11)17-14(18)16/h7-8H,6,9H2,1-5H3,(H2,16,17). The molecule has 0 unspecified atom stereocenters. The van der Waals surface area contributed by atoms with Crippen LogP contribution in [0.2, 0.25) is 0 Å². The summed E-state index contributed by atoms with van der Waals surface area (Å²) in [5.41, 5.74) is 8.03. The van der Waals surface area contributed by atoms with Crippen molar-refractivity contribution in [2.75, 3.05) is 20.0 Å². The summed E-state index contributed by atoms with van der Waals surface area (Å²) in [6.45, 7) is 7.44. The first-order valence-electron chi connectivity index (χ1n) is 6.79. The molecule has 0 aliphatic carbocycles. The van der Waals surface area contributed by atoms with E-state index in [9.17, 15) is 0 Å². The van der Waals surface area contributed by atoms with Crippen LogP contribution < -0.4 is 15.2 Å². The maximum atomic E-state index is 6.07. The molecule has 0 radical (unpaired) electrons. The minimum absolute atomic E-state index is 0.162. The van der Waals surface area contributed by atoms with Gasteiger partial charge in [0, 0.05) is 18.7 Å². The summed E-state index contributed by atoms with van der Waals surface area (Å²) in [6.07, 6.45) is 1.07.